The van der Waals surface area contributed by atoms with Gasteiger partial charge in [-0.25, -0.2) is 9.50 Å². The normalized spacial score (nSPS) is 10.0. The van der Waals surface area contributed by atoms with Gasteiger partial charge in [0.25, 0.3) is 0 Å². The zero-order valence-electron chi connectivity index (χ0n) is 8.54. The van der Waals surface area contributed by atoms with Crippen LogP contribution in [0.1, 0.15) is 0 Å². The number of hydrogen-bond acceptors (Lipinski definition) is 2. The highest BCUT2D eigenvalue weighted by molar-refractivity contribution is 5.76. The van der Waals surface area contributed by atoms with Crippen LogP contribution < -0.4 is 0 Å². The molecule has 1 aromatic carbocycles. The summed E-state index contributed by atoms with van der Waals surface area (Å²) in [6.07, 6.45) is 5.52. The molecule has 0 saturated carbocycles. The molecule has 0 aliphatic heterocycles. The van der Waals surface area contributed by atoms with E-state index >= 15 is 0 Å². The van der Waals surface area contributed by atoms with Crippen molar-refractivity contribution in [1.82, 2.24) is 14.6 Å². The van der Waals surface area contributed by atoms with Gasteiger partial charge >= 0.3 is 0 Å². The van der Waals surface area contributed by atoms with Gasteiger partial charge in [0.15, 0.2) is 5.65 Å². The maximum Gasteiger partial charge on any atom is 0.162 e. The molecule has 0 aliphatic rings. The van der Waals surface area contributed by atoms with E-state index < -0.39 is 0 Å². The zero-order chi connectivity index (χ0) is 10.1. The molecule has 0 saturated heterocycles. The highest BCUT2D eigenvalue weighted by Gasteiger charge is 2.05. The molecule has 0 spiro atoms. The SMILES string of the molecule is O.c1ccc(-c2cnn3cccnc23)cc1. The Bertz CT molecular complexity index is 589. The van der Waals surface area contributed by atoms with Gasteiger partial charge in [-0.15, -0.1) is 0 Å². The Kier molecular flexibility index (Phi) is 2.66. The van der Waals surface area contributed by atoms with Crippen molar-refractivity contribution in [2.75, 3.05) is 0 Å². The van der Waals surface area contributed by atoms with E-state index in [1.807, 2.05) is 36.7 Å². The van der Waals surface area contributed by atoms with E-state index in [1.54, 1.807) is 10.7 Å². The van der Waals surface area contributed by atoms with Gasteiger partial charge in [0, 0.05) is 18.0 Å². The van der Waals surface area contributed by atoms with Gasteiger partial charge in [0.05, 0.1) is 6.20 Å². The maximum atomic E-state index is 4.32. The van der Waals surface area contributed by atoms with Crippen molar-refractivity contribution in [3.8, 4) is 11.1 Å². The van der Waals surface area contributed by atoms with Gasteiger partial charge in [-0.05, 0) is 11.6 Å². The average molecular weight is 213 g/mol. The topological polar surface area (TPSA) is 61.7 Å². The van der Waals surface area contributed by atoms with E-state index in [4.69, 9.17) is 0 Å². The molecular weight excluding hydrogens is 202 g/mol. The number of nitrogens with zero attached hydrogens (tertiary/aromatic N) is 3. The van der Waals surface area contributed by atoms with Crippen LogP contribution in [0.5, 0.6) is 0 Å². The molecule has 0 radical (unpaired) electrons. The van der Waals surface area contributed by atoms with Crippen molar-refractivity contribution in [1.29, 1.82) is 0 Å². The fraction of sp³-hybridized carbons (Fsp3) is 0. The molecule has 3 rings (SSSR count). The predicted molar refractivity (Wildman–Crippen MR) is 62.0 cm³/mol. The van der Waals surface area contributed by atoms with Gasteiger partial charge in [-0.2, -0.15) is 5.10 Å². The molecule has 0 amide bonds. The summed E-state index contributed by atoms with van der Waals surface area (Å²) in [7, 11) is 0. The first-order valence-electron chi connectivity index (χ1n) is 4.79. The summed E-state index contributed by atoms with van der Waals surface area (Å²) in [4.78, 5) is 4.32. The van der Waals surface area contributed by atoms with Crippen LogP contribution in [0.2, 0.25) is 0 Å². The Labute approximate surface area is 92.5 Å². The van der Waals surface area contributed by atoms with E-state index in [1.165, 1.54) is 0 Å². The van der Waals surface area contributed by atoms with Crippen molar-refractivity contribution in [2.24, 2.45) is 0 Å². The summed E-state index contributed by atoms with van der Waals surface area (Å²) < 4.78 is 1.78. The lowest BCUT2D eigenvalue weighted by Crippen LogP contribution is -1.87. The van der Waals surface area contributed by atoms with Crippen LogP contribution in [0.4, 0.5) is 0 Å². The van der Waals surface area contributed by atoms with Crippen molar-refractivity contribution in [3.05, 3.63) is 55.0 Å². The third-order valence-corrected chi connectivity index (χ3v) is 2.36. The minimum atomic E-state index is 0. The quantitative estimate of drug-likeness (QED) is 0.616. The lowest BCUT2D eigenvalue weighted by Gasteiger charge is -1.96. The second-order valence-corrected chi connectivity index (χ2v) is 3.31. The lowest BCUT2D eigenvalue weighted by molar-refractivity contribution is 0.824. The third-order valence-electron chi connectivity index (χ3n) is 2.36. The molecular formula is C12H11N3O. The van der Waals surface area contributed by atoms with E-state index in [0.717, 1.165) is 16.8 Å². The second-order valence-electron chi connectivity index (χ2n) is 3.31. The molecule has 2 N–H and O–H groups in total. The Morgan fingerprint density at radius 2 is 1.81 bits per heavy atom. The van der Waals surface area contributed by atoms with Crippen LogP contribution in [-0.2, 0) is 0 Å². The highest BCUT2D eigenvalue weighted by atomic mass is 16.0. The molecule has 0 atom stereocenters. The van der Waals surface area contributed by atoms with E-state index in [9.17, 15) is 0 Å². The Hall–Kier alpha value is -2.20. The van der Waals surface area contributed by atoms with E-state index in [-0.39, 0.29) is 5.48 Å². The van der Waals surface area contributed by atoms with Gasteiger partial charge in [-0.1, -0.05) is 30.3 Å². The van der Waals surface area contributed by atoms with Crippen LogP contribution in [0.15, 0.2) is 55.0 Å². The van der Waals surface area contributed by atoms with Crippen molar-refractivity contribution >= 4 is 5.65 Å². The van der Waals surface area contributed by atoms with E-state index in [2.05, 4.69) is 22.2 Å². The van der Waals surface area contributed by atoms with Gasteiger partial charge in [0.1, 0.15) is 0 Å². The molecule has 4 heteroatoms. The molecule has 0 bridgehead atoms. The monoisotopic (exact) mass is 213 g/mol. The van der Waals surface area contributed by atoms with E-state index in [0.29, 0.717) is 0 Å². The summed E-state index contributed by atoms with van der Waals surface area (Å²) in [6.45, 7) is 0. The zero-order valence-corrected chi connectivity index (χ0v) is 8.54. The number of fused-ring (bicyclic) bond motifs is 1. The summed E-state index contributed by atoms with van der Waals surface area (Å²) in [5.41, 5.74) is 3.10. The Morgan fingerprint density at radius 1 is 1.00 bits per heavy atom. The molecule has 80 valence electrons. The average Bonchev–Trinajstić information content (AvgIpc) is 2.74. The molecule has 2 aromatic heterocycles. The minimum Gasteiger partial charge on any atom is -0.412 e. The Morgan fingerprint density at radius 3 is 2.62 bits per heavy atom. The van der Waals surface area contributed by atoms with Crippen molar-refractivity contribution in [3.63, 3.8) is 0 Å². The highest BCUT2D eigenvalue weighted by Crippen LogP contribution is 2.21. The minimum absolute atomic E-state index is 0. The number of aromatic nitrogens is 3. The molecule has 4 nitrogen and oxygen atoms in total. The molecule has 2 heterocycles. The first-order valence-corrected chi connectivity index (χ1v) is 4.79. The standard InChI is InChI=1S/C12H9N3.H2O/c1-2-5-10(6-3-1)11-9-14-15-8-4-7-13-12(11)15;/h1-9H;1H2. The summed E-state index contributed by atoms with van der Waals surface area (Å²) in [5, 5.41) is 4.25. The first kappa shape index (κ1) is 10.3. The largest absolute Gasteiger partial charge is 0.412 e. The molecule has 0 aliphatic carbocycles. The molecule has 0 unspecified atom stereocenters. The Balaban J connectivity index is 0.000000963. The van der Waals surface area contributed by atoms with Gasteiger partial charge in [-0.3, -0.25) is 0 Å². The number of benzene rings is 1. The maximum absolute atomic E-state index is 4.32. The molecule has 3 aromatic rings. The predicted octanol–water partition coefficient (Wildman–Crippen LogP) is 1.57. The van der Waals surface area contributed by atoms with Crippen LogP contribution in [-0.4, -0.2) is 20.1 Å². The van der Waals surface area contributed by atoms with Gasteiger partial charge in [0.2, 0.25) is 0 Å². The summed E-state index contributed by atoms with van der Waals surface area (Å²) in [6, 6.07) is 12.0. The van der Waals surface area contributed by atoms with Crippen LogP contribution >= 0.6 is 0 Å². The molecule has 0 fully saturated rings. The second kappa shape index (κ2) is 4.12. The number of rotatable bonds is 1. The lowest BCUT2D eigenvalue weighted by atomic mass is 10.1. The fourth-order valence-electron chi connectivity index (χ4n) is 1.65. The van der Waals surface area contributed by atoms with Crippen LogP contribution in [0, 0.1) is 0 Å². The van der Waals surface area contributed by atoms with Crippen LogP contribution in [0.25, 0.3) is 16.8 Å². The van der Waals surface area contributed by atoms with Crippen LogP contribution in [0.3, 0.4) is 0 Å². The smallest absolute Gasteiger partial charge is 0.162 e. The van der Waals surface area contributed by atoms with Crippen molar-refractivity contribution < 1.29 is 5.48 Å². The fourth-order valence-corrected chi connectivity index (χ4v) is 1.65. The first-order chi connectivity index (χ1) is 7.45. The number of hydrogen-bond donors (Lipinski definition) is 0. The van der Waals surface area contributed by atoms with Gasteiger partial charge < -0.3 is 5.48 Å². The third kappa shape index (κ3) is 1.55. The summed E-state index contributed by atoms with van der Waals surface area (Å²) in [5.74, 6) is 0. The summed E-state index contributed by atoms with van der Waals surface area (Å²) >= 11 is 0. The molecule has 16 heavy (non-hydrogen) atoms. The van der Waals surface area contributed by atoms with Crippen molar-refractivity contribution in [2.45, 2.75) is 0 Å².